The topological polar surface area (TPSA) is 97.0 Å². The zero-order valence-corrected chi connectivity index (χ0v) is 18.7. The third-order valence-electron chi connectivity index (χ3n) is 4.39. The van der Waals surface area contributed by atoms with Gasteiger partial charge in [-0.05, 0) is 52.3 Å². The minimum Gasteiger partial charge on any atom is -0.496 e. The van der Waals surface area contributed by atoms with Gasteiger partial charge in [0.15, 0.2) is 11.5 Å². The van der Waals surface area contributed by atoms with Crippen LogP contribution >= 0.6 is 15.9 Å². The summed E-state index contributed by atoms with van der Waals surface area (Å²) in [7, 11) is -2.73. The van der Waals surface area contributed by atoms with Gasteiger partial charge < -0.3 is 4.74 Å². The fourth-order valence-corrected chi connectivity index (χ4v) is 4.58. The fraction of sp³-hybridized carbons (Fsp3) is 0.0476. The SMILES string of the molecule is COc1ccc(S(=O)(=O)Nc2ccc(F)c(C#Cc3cnc4[nH]ncc4c3)c2F)cc1Br. The van der Waals surface area contributed by atoms with Gasteiger partial charge in [-0.15, -0.1) is 0 Å². The van der Waals surface area contributed by atoms with Gasteiger partial charge in [0.1, 0.15) is 11.6 Å². The van der Waals surface area contributed by atoms with Gasteiger partial charge in [-0.25, -0.2) is 22.2 Å². The summed E-state index contributed by atoms with van der Waals surface area (Å²) < 4.78 is 62.2. The Kier molecular flexibility index (Phi) is 5.82. The van der Waals surface area contributed by atoms with Crippen molar-refractivity contribution in [1.29, 1.82) is 0 Å². The lowest BCUT2D eigenvalue weighted by Gasteiger charge is -2.11. The predicted molar refractivity (Wildman–Crippen MR) is 118 cm³/mol. The van der Waals surface area contributed by atoms with Gasteiger partial charge in [-0.1, -0.05) is 11.8 Å². The van der Waals surface area contributed by atoms with Crippen molar-refractivity contribution in [3.63, 3.8) is 0 Å². The molecule has 32 heavy (non-hydrogen) atoms. The van der Waals surface area contributed by atoms with Crippen LogP contribution in [-0.2, 0) is 10.0 Å². The molecule has 4 aromatic rings. The summed E-state index contributed by atoms with van der Waals surface area (Å²) in [4.78, 5) is 3.97. The molecular formula is C21H13BrF2N4O3S. The number of halogens is 3. The Morgan fingerprint density at radius 1 is 1.12 bits per heavy atom. The molecule has 4 rings (SSSR count). The molecule has 0 aliphatic rings. The number of hydrogen-bond donors (Lipinski definition) is 2. The summed E-state index contributed by atoms with van der Waals surface area (Å²) in [5, 5.41) is 7.22. The van der Waals surface area contributed by atoms with E-state index in [-0.39, 0.29) is 4.90 Å². The van der Waals surface area contributed by atoms with Crippen molar-refractivity contribution in [3.05, 3.63) is 76.0 Å². The maximum Gasteiger partial charge on any atom is 0.262 e. The van der Waals surface area contributed by atoms with Crippen LogP contribution in [0.5, 0.6) is 5.75 Å². The average molecular weight is 519 g/mol. The number of hydrogen-bond acceptors (Lipinski definition) is 5. The largest absolute Gasteiger partial charge is 0.496 e. The minimum absolute atomic E-state index is 0.138. The average Bonchev–Trinajstić information content (AvgIpc) is 3.23. The van der Waals surface area contributed by atoms with E-state index in [1.54, 1.807) is 12.3 Å². The molecule has 7 nitrogen and oxygen atoms in total. The van der Waals surface area contributed by atoms with E-state index in [2.05, 4.69) is 47.7 Å². The molecule has 162 valence electrons. The second-order valence-corrected chi connectivity index (χ2v) is 9.00. The second-order valence-electron chi connectivity index (χ2n) is 6.47. The summed E-state index contributed by atoms with van der Waals surface area (Å²) in [6.07, 6.45) is 2.97. The molecule has 0 spiro atoms. The smallest absolute Gasteiger partial charge is 0.262 e. The number of pyridine rings is 1. The van der Waals surface area contributed by atoms with E-state index < -0.39 is 32.9 Å². The number of H-pyrrole nitrogens is 1. The van der Waals surface area contributed by atoms with Gasteiger partial charge in [-0.2, -0.15) is 5.10 Å². The predicted octanol–water partition coefficient (Wildman–Crippen LogP) is 4.21. The Hall–Kier alpha value is -3.49. The highest BCUT2D eigenvalue weighted by Gasteiger charge is 2.20. The molecular weight excluding hydrogens is 506 g/mol. The molecule has 11 heteroatoms. The minimum atomic E-state index is -4.16. The first kappa shape index (κ1) is 21.7. The Bertz CT molecular complexity index is 1510. The third-order valence-corrected chi connectivity index (χ3v) is 6.37. The molecule has 2 N–H and O–H groups in total. The number of fused-ring (bicyclic) bond motifs is 1. The number of sulfonamides is 1. The van der Waals surface area contributed by atoms with Crippen molar-refractivity contribution >= 4 is 42.7 Å². The monoisotopic (exact) mass is 518 g/mol. The normalized spacial score (nSPS) is 11.1. The summed E-state index contributed by atoms with van der Waals surface area (Å²) in [5.41, 5.74) is -0.0549. The summed E-state index contributed by atoms with van der Waals surface area (Å²) in [5.74, 6) is 3.42. The van der Waals surface area contributed by atoms with Gasteiger partial charge in [0.25, 0.3) is 10.0 Å². The molecule has 2 heterocycles. The van der Waals surface area contributed by atoms with Crippen LogP contribution in [-0.4, -0.2) is 30.7 Å². The van der Waals surface area contributed by atoms with Crippen molar-refractivity contribution in [1.82, 2.24) is 15.2 Å². The van der Waals surface area contributed by atoms with Crippen molar-refractivity contribution in [2.24, 2.45) is 0 Å². The molecule has 0 fully saturated rings. The van der Waals surface area contributed by atoms with Crippen LogP contribution < -0.4 is 9.46 Å². The number of nitrogens with zero attached hydrogens (tertiary/aromatic N) is 2. The maximum absolute atomic E-state index is 15.0. The van der Waals surface area contributed by atoms with Crippen LogP contribution in [0.3, 0.4) is 0 Å². The summed E-state index contributed by atoms with van der Waals surface area (Å²) in [6, 6.07) is 7.64. The van der Waals surface area contributed by atoms with E-state index in [9.17, 15) is 17.2 Å². The van der Waals surface area contributed by atoms with Crippen LogP contribution in [0.15, 0.2) is 58.2 Å². The first-order valence-electron chi connectivity index (χ1n) is 8.94. The van der Waals surface area contributed by atoms with E-state index in [0.29, 0.717) is 26.8 Å². The Morgan fingerprint density at radius 3 is 2.69 bits per heavy atom. The van der Waals surface area contributed by atoms with Crippen LogP contribution in [0.2, 0.25) is 0 Å². The highest BCUT2D eigenvalue weighted by atomic mass is 79.9. The van der Waals surface area contributed by atoms with Crippen LogP contribution in [0.1, 0.15) is 11.1 Å². The number of aromatic nitrogens is 3. The Balaban J connectivity index is 1.67. The molecule has 0 radical (unpaired) electrons. The first-order chi connectivity index (χ1) is 15.3. The van der Waals surface area contributed by atoms with Crippen molar-refractivity contribution in [3.8, 4) is 17.6 Å². The standard InChI is InChI=1S/C21H13BrF2N4O3S/c1-31-19-7-3-14(9-16(19)22)32(29,30)28-18-6-5-17(23)15(20(18)24)4-2-12-8-13-11-26-27-21(13)25-10-12/h3,5-11,28H,1H3,(H,25,26,27). The number of methoxy groups -OCH3 is 1. The lowest BCUT2D eigenvalue weighted by atomic mass is 10.1. The van der Waals surface area contributed by atoms with Crippen LogP contribution in [0, 0.1) is 23.5 Å². The number of rotatable bonds is 4. The lowest BCUT2D eigenvalue weighted by molar-refractivity contribution is 0.411. The zero-order valence-electron chi connectivity index (χ0n) is 16.3. The molecule has 0 bridgehead atoms. The molecule has 2 aromatic heterocycles. The van der Waals surface area contributed by atoms with Gasteiger partial charge in [0, 0.05) is 17.1 Å². The molecule has 0 saturated carbocycles. The molecule has 0 saturated heterocycles. The Morgan fingerprint density at radius 2 is 1.94 bits per heavy atom. The lowest BCUT2D eigenvalue weighted by Crippen LogP contribution is -2.15. The summed E-state index contributed by atoms with van der Waals surface area (Å²) >= 11 is 3.21. The van der Waals surface area contributed by atoms with E-state index in [1.807, 2.05) is 0 Å². The van der Waals surface area contributed by atoms with Crippen molar-refractivity contribution in [2.45, 2.75) is 4.90 Å². The van der Waals surface area contributed by atoms with Crippen LogP contribution in [0.4, 0.5) is 14.5 Å². The number of ether oxygens (including phenoxy) is 1. The first-order valence-corrected chi connectivity index (χ1v) is 11.2. The second kappa shape index (κ2) is 8.57. The molecule has 0 aliphatic carbocycles. The molecule has 2 aromatic carbocycles. The van der Waals surface area contributed by atoms with E-state index >= 15 is 0 Å². The zero-order chi connectivity index (χ0) is 22.9. The third kappa shape index (κ3) is 4.28. The number of nitrogens with one attached hydrogen (secondary N) is 2. The highest BCUT2D eigenvalue weighted by molar-refractivity contribution is 9.10. The van der Waals surface area contributed by atoms with Gasteiger partial charge >= 0.3 is 0 Å². The van der Waals surface area contributed by atoms with E-state index in [4.69, 9.17) is 4.74 Å². The number of benzene rings is 2. The molecule has 0 aliphatic heterocycles. The van der Waals surface area contributed by atoms with E-state index in [0.717, 1.165) is 12.1 Å². The number of aromatic amines is 1. The quantitative estimate of drug-likeness (QED) is 0.394. The maximum atomic E-state index is 15.0. The van der Waals surface area contributed by atoms with E-state index in [1.165, 1.54) is 31.5 Å². The molecule has 0 atom stereocenters. The molecule has 0 amide bonds. The summed E-state index contributed by atoms with van der Waals surface area (Å²) in [6.45, 7) is 0. The van der Waals surface area contributed by atoms with Crippen molar-refractivity contribution < 1.29 is 21.9 Å². The van der Waals surface area contributed by atoms with Crippen molar-refractivity contribution in [2.75, 3.05) is 11.8 Å². The van der Waals surface area contributed by atoms with Crippen LogP contribution in [0.25, 0.3) is 11.0 Å². The molecule has 0 unspecified atom stereocenters. The Labute approximate surface area is 190 Å². The van der Waals surface area contributed by atoms with Gasteiger partial charge in [0.05, 0.1) is 33.9 Å². The highest BCUT2D eigenvalue weighted by Crippen LogP contribution is 2.29. The van der Waals surface area contributed by atoms with Gasteiger partial charge in [-0.3, -0.25) is 9.82 Å². The van der Waals surface area contributed by atoms with Gasteiger partial charge in [0.2, 0.25) is 0 Å². The fourth-order valence-electron chi connectivity index (χ4n) is 2.80. The number of anilines is 1.